The highest BCUT2D eigenvalue weighted by Gasteiger charge is 2.25. The van der Waals surface area contributed by atoms with Crippen LogP contribution in [0.5, 0.6) is 0 Å². The summed E-state index contributed by atoms with van der Waals surface area (Å²) in [7, 11) is 0. The van der Waals surface area contributed by atoms with E-state index in [-0.39, 0.29) is 6.42 Å². The summed E-state index contributed by atoms with van der Waals surface area (Å²) in [4.78, 5) is 29.6. The van der Waals surface area contributed by atoms with E-state index in [1.54, 1.807) is 27.7 Å². The minimum atomic E-state index is -1.13. The molecule has 0 bridgehead atoms. The molecule has 0 saturated heterocycles. The average Bonchev–Trinajstić information content (AvgIpc) is 2.60. The molecule has 0 aliphatic heterocycles. The zero-order valence-electron chi connectivity index (χ0n) is 11.5. The van der Waals surface area contributed by atoms with E-state index in [9.17, 15) is 9.59 Å². The van der Waals surface area contributed by atoms with Gasteiger partial charge in [-0.25, -0.2) is 14.6 Å². The van der Waals surface area contributed by atoms with Crippen molar-refractivity contribution in [2.75, 3.05) is 0 Å². The average molecular weight is 269 g/mol. The number of nitrogens with zero attached hydrogens (tertiary/aromatic N) is 1. The van der Waals surface area contributed by atoms with E-state index in [0.717, 1.165) is 5.69 Å². The number of carboxylic acids is 1. The van der Waals surface area contributed by atoms with E-state index < -0.39 is 23.7 Å². The van der Waals surface area contributed by atoms with Crippen LogP contribution in [0, 0.1) is 6.92 Å². The van der Waals surface area contributed by atoms with E-state index in [4.69, 9.17) is 9.84 Å². The number of aryl methyl sites for hydroxylation is 1. The molecule has 1 amide bonds. The standard InChI is InChI=1S/C12H19N3O4/c1-7-8(14-6-13-7)5-9(10(16)17)15-11(18)19-12(2,3)4/h6,9H,5H2,1-4H3,(H,13,14)(H,15,18)(H,16,17). The Bertz CT molecular complexity index is 462. The normalized spacial score (nSPS) is 12.8. The summed E-state index contributed by atoms with van der Waals surface area (Å²) in [6, 6.07) is -1.07. The van der Waals surface area contributed by atoms with Crippen molar-refractivity contribution in [1.29, 1.82) is 0 Å². The number of hydrogen-bond acceptors (Lipinski definition) is 4. The summed E-state index contributed by atoms with van der Waals surface area (Å²) >= 11 is 0. The van der Waals surface area contributed by atoms with Crippen LogP contribution in [0.25, 0.3) is 0 Å². The molecule has 1 aromatic heterocycles. The number of nitrogens with one attached hydrogen (secondary N) is 2. The number of ether oxygens (including phenoxy) is 1. The summed E-state index contributed by atoms with van der Waals surface area (Å²) < 4.78 is 5.03. The van der Waals surface area contributed by atoms with Gasteiger partial charge >= 0.3 is 12.1 Å². The van der Waals surface area contributed by atoms with Crippen molar-refractivity contribution in [3.63, 3.8) is 0 Å². The Hall–Kier alpha value is -2.05. The maximum absolute atomic E-state index is 11.6. The summed E-state index contributed by atoms with van der Waals surface area (Å²) in [5, 5.41) is 11.4. The molecule has 19 heavy (non-hydrogen) atoms. The molecule has 7 nitrogen and oxygen atoms in total. The Kier molecular flexibility index (Phi) is 4.52. The molecule has 0 fully saturated rings. The van der Waals surface area contributed by atoms with Crippen LogP contribution in [0.3, 0.4) is 0 Å². The predicted molar refractivity (Wildman–Crippen MR) is 67.8 cm³/mol. The van der Waals surface area contributed by atoms with Crippen molar-refractivity contribution in [2.24, 2.45) is 0 Å². The van der Waals surface area contributed by atoms with Crippen molar-refractivity contribution in [3.8, 4) is 0 Å². The molecule has 0 aliphatic carbocycles. The van der Waals surface area contributed by atoms with Crippen molar-refractivity contribution < 1.29 is 19.4 Å². The van der Waals surface area contributed by atoms with E-state index in [0.29, 0.717) is 5.69 Å². The Morgan fingerprint density at radius 2 is 2.16 bits per heavy atom. The van der Waals surface area contributed by atoms with Crippen LogP contribution in [0.15, 0.2) is 6.33 Å². The predicted octanol–water partition coefficient (Wildman–Crippen LogP) is 1.24. The van der Waals surface area contributed by atoms with Crippen molar-refractivity contribution >= 4 is 12.1 Å². The number of imidazole rings is 1. The quantitative estimate of drug-likeness (QED) is 0.762. The second-order valence-electron chi connectivity index (χ2n) is 5.22. The first-order valence-corrected chi connectivity index (χ1v) is 5.90. The third-order valence-corrected chi connectivity index (χ3v) is 2.32. The molecule has 1 rings (SSSR count). The molecule has 0 spiro atoms. The molecule has 0 radical (unpaired) electrons. The lowest BCUT2D eigenvalue weighted by molar-refractivity contribution is -0.139. The summed E-state index contributed by atoms with van der Waals surface area (Å²) in [5.41, 5.74) is 0.704. The van der Waals surface area contributed by atoms with Gasteiger partial charge < -0.3 is 20.1 Å². The van der Waals surface area contributed by atoms with Crippen LogP contribution in [-0.2, 0) is 16.0 Å². The molecule has 7 heteroatoms. The number of amides is 1. The Balaban J connectivity index is 2.67. The van der Waals surface area contributed by atoms with Gasteiger partial charge in [-0.2, -0.15) is 0 Å². The van der Waals surface area contributed by atoms with Crippen LogP contribution in [0.1, 0.15) is 32.2 Å². The lowest BCUT2D eigenvalue weighted by atomic mass is 10.1. The van der Waals surface area contributed by atoms with Gasteiger partial charge in [0.05, 0.1) is 12.0 Å². The minimum Gasteiger partial charge on any atom is -0.480 e. The number of rotatable bonds is 4. The van der Waals surface area contributed by atoms with Crippen molar-refractivity contribution in [2.45, 2.75) is 45.8 Å². The fraction of sp³-hybridized carbons (Fsp3) is 0.583. The number of carbonyl (C=O) groups excluding carboxylic acids is 1. The van der Waals surface area contributed by atoms with Gasteiger partial charge in [0.1, 0.15) is 11.6 Å². The van der Waals surface area contributed by atoms with Gasteiger partial charge in [-0.15, -0.1) is 0 Å². The van der Waals surface area contributed by atoms with Crippen LogP contribution in [0.4, 0.5) is 4.79 Å². The van der Waals surface area contributed by atoms with Gasteiger partial charge in [0.2, 0.25) is 0 Å². The van der Waals surface area contributed by atoms with Crippen molar-refractivity contribution in [3.05, 3.63) is 17.7 Å². The molecule has 1 unspecified atom stereocenters. The smallest absolute Gasteiger partial charge is 0.408 e. The molecule has 1 aromatic rings. The van der Waals surface area contributed by atoms with E-state index in [1.165, 1.54) is 6.33 Å². The highest BCUT2D eigenvalue weighted by Crippen LogP contribution is 2.09. The number of carboxylic acid groups (broad SMARTS) is 1. The van der Waals surface area contributed by atoms with Gasteiger partial charge in [0.15, 0.2) is 0 Å². The Morgan fingerprint density at radius 3 is 2.58 bits per heavy atom. The first-order chi connectivity index (χ1) is 8.69. The van der Waals surface area contributed by atoms with E-state index >= 15 is 0 Å². The number of carbonyl (C=O) groups is 2. The number of H-pyrrole nitrogens is 1. The molecule has 1 atom stereocenters. The second-order valence-corrected chi connectivity index (χ2v) is 5.22. The summed E-state index contributed by atoms with van der Waals surface area (Å²) in [6.45, 7) is 6.91. The number of aromatic nitrogens is 2. The molecule has 0 aromatic carbocycles. The zero-order chi connectivity index (χ0) is 14.6. The first-order valence-electron chi connectivity index (χ1n) is 5.90. The fourth-order valence-electron chi connectivity index (χ4n) is 1.44. The van der Waals surface area contributed by atoms with Crippen LogP contribution < -0.4 is 5.32 Å². The van der Waals surface area contributed by atoms with E-state index in [1.807, 2.05) is 0 Å². The monoisotopic (exact) mass is 269 g/mol. The molecule has 0 saturated carbocycles. The van der Waals surface area contributed by atoms with E-state index in [2.05, 4.69) is 15.3 Å². The maximum Gasteiger partial charge on any atom is 0.408 e. The van der Waals surface area contributed by atoms with Gasteiger partial charge in [-0.05, 0) is 27.7 Å². The minimum absolute atomic E-state index is 0.101. The van der Waals surface area contributed by atoms with Gasteiger partial charge in [-0.1, -0.05) is 0 Å². The van der Waals surface area contributed by atoms with Gasteiger partial charge in [0, 0.05) is 12.1 Å². The number of hydrogen-bond donors (Lipinski definition) is 3. The lowest BCUT2D eigenvalue weighted by Crippen LogP contribution is -2.44. The number of alkyl carbamates (subject to hydrolysis) is 1. The molecule has 0 aliphatic rings. The highest BCUT2D eigenvalue weighted by molar-refractivity contribution is 5.80. The third kappa shape index (κ3) is 4.99. The van der Waals surface area contributed by atoms with Gasteiger partial charge in [-0.3, -0.25) is 0 Å². The fourth-order valence-corrected chi connectivity index (χ4v) is 1.44. The number of aliphatic carboxylic acids is 1. The second kappa shape index (κ2) is 5.73. The third-order valence-electron chi connectivity index (χ3n) is 2.32. The van der Waals surface area contributed by atoms with Crippen LogP contribution in [0.2, 0.25) is 0 Å². The largest absolute Gasteiger partial charge is 0.480 e. The maximum atomic E-state index is 11.6. The Labute approximate surface area is 111 Å². The SMILES string of the molecule is Cc1[nH]cnc1CC(NC(=O)OC(C)(C)C)C(=O)O. The zero-order valence-corrected chi connectivity index (χ0v) is 11.5. The highest BCUT2D eigenvalue weighted by atomic mass is 16.6. The lowest BCUT2D eigenvalue weighted by Gasteiger charge is -2.21. The molecular weight excluding hydrogens is 250 g/mol. The van der Waals surface area contributed by atoms with Crippen LogP contribution >= 0.6 is 0 Å². The molecule has 3 N–H and O–H groups in total. The molecular formula is C12H19N3O4. The summed E-state index contributed by atoms with van der Waals surface area (Å²) in [6.07, 6.45) is 0.828. The van der Waals surface area contributed by atoms with Gasteiger partial charge in [0.25, 0.3) is 0 Å². The molecule has 106 valence electrons. The first kappa shape index (κ1) is 15.0. The van der Waals surface area contributed by atoms with Crippen molar-refractivity contribution in [1.82, 2.24) is 15.3 Å². The summed E-state index contributed by atoms with van der Waals surface area (Å²) in [5.74, 6) is -1.13. The Morgan fingerprint density at radius 1 is 1.53 bits per heavy atom. The molecule has 1 heterocycles. The van der Waals surface area contributed by atoms with Crippen LogP contribution in [-0.4, -0.2) is 38.8 Å². The number of aromatic amines is 1. The topological polar surface area (TPSA) is 104 Å².